The van der Waals surface area contributed by atoms with Gasteiger partial charge >= 0.3 is 11.9 Å². The van der Waals surface area contributed by atoms with Crippen LogP contribution in [0, 0.1) is 11.8 Å². The number of ether oxygens (including phenoxy) is 5. The third-order valence-electron chi connectivity index (χ3n) is 5.20. The first-order valence-corrected chi connectivity index (χ1v) is 11.9. The Balaban J connectivity index is 2.09. The summed E-state index contributed by atoms with van der Waals surface area (Å²) in [4.78, 5) is 41.1. The molecule has 1 aromatic carbocycles. The van der Waals surface area contributed by atoms with Crippen LogP contribution in [0.3, 0.4) is 0 Å². The molecule has 0 unspecified atom stereocenters. The van der Waals surface area contributed by atoms with Crippen molar-refractivity contribution in [1.29, 1.82) is 0 Å². The minimum atomic E-state index is -0.772. The highest BCUT2D eigenvalue weighted by molar-refractivity contribution is 6.30. The number of pyridine rings is 1. The Morgan fingerprint density at radius 3 is 2.42 bits per heavy atom. The molecule has 0 radical (unpaired) electrons. The zero-order chi connectivity index (χ0) is 26.8. The standard InChI is InChI=1S/C26H32ClNO8/c1-15(2)24(17(4)35-20-9-7-8-19(27)13-20)36-26(31)16(3)12-21(30)23-25(34-14-33-18(5)29)22(32-6)10-11-28-23/h7-11,13,15-17,24H,12,14H2,1-6H3/t16-,17+,24-/m1/s1. The summed E-state index contributed by atoms with van der Waals surface area (Å²) >= 11 is 6.03. The van der Waals surface area contributed by atoms with E-state index >= 15 is 0 Å². The molecular formula is C26H32ClNO8. The normalized spacial score (nSPS) is 13.3. The van der Waals surface area contributed by atoms with E-state index in [-0.39, 0.29) is 29.5 Å². The summed E-state index contributed by atoms with van der Waals surface area (Å²) in [7, 11) is 1.40. The van der Waals surface area contributed by atoms with Gasteiger partial charge in [-0.1, -0.05) is 38.4 Å². The van der Waals surface area contributed by atoms with Gasteiger partial charge in [-0.05, 0) is 31.0 Å². The molecule has 0 amide bonds. The fourth-order valence-electron chi connectivity index (χ4n) is 3.41. The lowest BCUT2D eigenvalue weighted by Crippen LogP contribution is -2.39. The van der Waals surface area contributed by atoms with Gasteiger partial charge in [0.15, 0.2) is 23.0 Å². The van der Waals surface area contributed by atoms with Crippen LogP contribution in [0.25, 0.3) is 0 Å². The maximum atomic E-state index is 13.0. The molecule has 1 aromatic heterocycles. The zero-order valence-corrected chi connectivity index (χ0v) is 22.0. The Kier molecular flexibility index (Phi) is 11.0. The van der Waals surface area contributed by atoms with Gasteiger partial charge in [0.25, 0.3) is 0 Å². The summed E-state index contributed by atoms with van der Waals surface area (Å²) in [5.41, 5.74) is -0.0424. The van der Waals surface area contributed by atoms with Gasteiger partial charge in [-0.3, -0.25) is 14.4 Å². The second-order valence-corrected chi connectivity index (χ2v) is 8.98. The summed E-state index contributed by atoms with van der Waals surface area (Å²) in [6, 6.07) is 8.46. The van der Waals surface area contributed by atoms with Crippen LogP contribution in [0.4, 0.5) is 0 Å². The van der Waals surface area contributed by atoms with Crippen molar-refractivity contribution in [2.24, 2.45) is 11.8 Å². The van der Waals surface area contributed by atoms with Gasteiger partial charge in [0.2, 0.25) is 6.79 Å². The lowest BCUT2D eigenvalue weighted by Gasteiger charge is -2.29. The number of halogens is 1. The summed E-state index contributed by atoms with van der Waals surface area (Å²) in [6.45, 7) is 8.04. The number of esters is 2. The Hall–Kier alpha value is -3.33. The summed E-state index contributed by atoms with van der Waals surface area (Å²) in [6.07, 6.45) is 0.178. The third kappa shape index (κ3) is 8.41. The van der Waals surface area contributed by atoms with Crippen LogP contribution in [0.15, 0.2) is 36.5 Å². The molecule has 0 saturated heterocycles. The first-order chi connectivity index (χ1) is 17.0. The van der Waals surface area contributed by atoms with Gasteiger partial charge in [0, 0.05) is 30.6 Å². The van der Waals surface area contributed by atoms with Crippen LogP contribution < -0.4 is 14.2 Å². The highest BCUT2D eigenvalue weighted by Crippen LogP contribution is 2.31. The molecule has 0 aliphatic rings. The Morgan fingerprint density at radius 1 is 1.08 bits per heavy atom. The van der Waals surface area contributed by atoms with E-state index < -0.39 is 42.6 Å². The Morgan fingerprint density at radius 2 is 1.81 bits per heavy atom. The highest BCUT2D eigenvalue weighted by Gasteiger charge is 2.31. The molecule has 0 aliphatic heterocycles. The summed E-state index contributed by atoms with van der Waals surface area (Å²) < 4.78 is 27.2. The minimum absolute atomic E-state index is 0.0235. The van der Waals surface area contributed by atoms with Gasteiger partial charge in [-0.2, -0.15) is 0 Å². The van der Waals surface area contributed by atoms with E-state index in [2.05, 4.69) is 4.98 Å². The molecule has 196 valence electrons. The average Bonchev–Trinajstić information content (AvgIpc) is 2.81. The average molecular weight is 522 g/mol. The van der Waals surface area contributed by atoms with Gasteiger partial charge in [-0.15, -0.1) is 0 Å². The first-order valence-electron chi connectivity index (χ1n) is 11.5. The maximum Gasteiger partial charge on any atom is 0.309 e. The molecule has 9 nitrogen and oxygen atoms in total. The molecule has 10 heteroatoms. The largest absolute Gasteiger partial charge is 0.493 e. The van der Waals surface area contributed by atoms with Crippen LogP contribution >= 0.6 is 11.6 Å². The topological polar surface area (TPSA) is 110 Å². The SMILES string of the molecule is COc1ccnc(C(=O)C[C@@H](C)C(=O)O[C@H](C(C)C)[C@H](C)Oc2cccc(Cl)c2)c1OCOC(C)=O. The van der Waals surface area contributed by atoms with Gasteiger partial charge < -0.3 is 23.7 Å². The number of aromatic nitrogens is 1. The quantitative estimate of drug-likeness (QED) is 0.207. The number of carbonyl (C=O) groups excluding carboxylic acids is 3. The molecule has 0 saturated carbocycles. The van der Waals surface area contributed by atoms with Crippen LogP contribution in [-0.4, -0.2) is 48.8 Å². The monoisotopic (exact) mass is 521 g/mol. The molecule has 0 N–H and O–H groups in total. The fraction of sp³-hybridized carbons (Fsp3) is 0.462. The maximum absolute atomic E-state index is 13.0. The van der Waals surface area contributed by atoms with E-state index in [1.165, 1.54) is 26.3 Å². The van der Waals surface area contributed by atoms with Crippen molar-refractivity contribution in [3.63, 3.8) is 0 Å². The van der Waals surface area contributed by atoms with Crippen molar-refractivity contribution >= 4 is 29.3 Å². The molecule has 0 spiro atoms. The van der Waals surface area contributed by atoms with Crippen molar-refractivity contribution in [3.8, 4) is 17.2 Å². The lowest BCUT2D eigenvalue weighted by molar-refractivity contribution is -0.161. The number of carbonyl (C=O) groups is 3. The van der Waals surface area contributed by atoms with Crippen molar-refractivity contribution in [2.45, 2.75) is 53.2 Å². The molecule has 0 bridgehead atoms. The van der Waals surface area contributed by atoms with Crippen LogP contribution in [-0.2, 0) is 19.1 Å². The number of nitrogens with zero attached hydrogens (tertiary/aromatic N) is 1. The van der Waals surface area contributed by atoms with Gasteiger partial charge in [0.05, 0.1) is 13.0 Å². The molecule has 2 rings (SSSR count). The second kappa shape index (κ2) is 13.7. The molecule has 2 aromatic rings. The van der Waals surface area contributed by atoms with Crippen molar-refractivity contribution in [1.82, 2.24) is 4.98 Å². The number of hydrogen-bond donors (Lipinski definition) is 0. The molecule has 0 fully saturated rings. The van der Waals surface area contributed by atoms with Gasteiger partial charge in [0.1, 0.15) is 18.0 Å². The molecule has 0 aliphatic carbocycles. The molecular weight excluding hydrogens is 490 g/mol. The number of ketones is 1. The number of benzene rings is 1. The molecule has 3 atom stereocenters. The van der Waals surface area contributed by atoms with Gasteiger partial charge in [-0.25, -0.2) is 4.98 Å². The number of methoxy groups -OCH3 is 1. The summed E-state index contributed by atoms with van der Waals surface area (Å²) in [5, 5.41) is 0.535. The smallest absolute Gasteiger partial charge is 0.309 e. The van der Waals surface area contributed by atoms with Crippen molar-refractivity contribution in [3.05, 3.63) is 47.2 Å². The van der Waals surface area contributed by atoms with Crippen LogP contribution in [0.1, 0.15) is 51.5 Å². The Bertz CT molecular complexity index is 1060. The third-order valence-corrected chi connectivity index (χ3v) is 5.44. The van der Waals surface area contributed by atoms with E-state index in [4.69, 9.17) is 35.3 Å². The Labute approximate surface area is 216 Å². The first kappa shape index (κ1) is 28.9. The molecule has 1 heterocycles. The van der Waals surface area contributed by atoms with E-state index in [9.17, 15) is 14.4 Å². The van der Waals surface area contributed by atoms with E-state index in [1.807, 2.05) is 20.8 Å². The fourth-order valence-corrected chi connectivity index (χ4v) is 3.59. The number of Topliss-reactive ketones (excluding diaryl/α,β-unsaturated/α-hetero) is 1. The lowest BCUT2D eigenvalue weighted by atomic mass is 10.00. The zero-order valence-electron chi connectivity index (χ0n) is 21.3. The minimum Gasteiger partial charge on any atom is -0.493 e. The van der Waals surface area contributed by atoms with E-state index in [0.29, 0.717) is 10.8 Å². The number of hydrogen-bond acceptors (Lipinski definition) is 9. The predicted molar refractivity (Wildman–Crippen MR) is 132 cm³/mol. The van der Waals surface area contributed by atoms with E-state index in [1.54, 1.807) is 31.2 Å². The highest BCUT2D eigenvalue weighted by atomic mass is 35.5. The van der Waals surface area contributed by atoms with E-state index in [0.717, 1.165) is 0 Å². The number of rotatable bonds is 13. The van der Waals surface area contributed by atoms with Crippen molar-refractivity contribution < 1.29 is 38.1 Å². The predicted octanol–water partition coefficient (Wildman–Crippen LogP) is 4.89. The molecule has 36 heavy (non-hydrogen) atoms. The second-order valence-electron chi connectivity index (χ2n) is 8.54. The van der Waals surface area contributed by atoms with Crippen LogP contribution in [0.5, 0.6) is 17.2 Å². The summed E-state index contributed by atoms with van der Waals surface area (Å²) in [5.74, 6) is -1.55. The van der Waals surface area contributed by atoms with Crippen molar-refractivity contribution in [2.75, 3.05) is 13.9 Å². The van der Waals surface area contributed by atoms with Crippen LogP contribution in [0.2, 0.25) is 5.02 Å².